The number of imidazole rings is 1. The summed E-state index contributed by atoms with van der Waals surface area (Å²) in [7, 11) is 1.24. The Labute approximate surface area is 131 Å². The third-order valence-corrected chi connectivity index (χ3v) is 3.63. The molecule has 1 aromatic heterocycles. The van der Waals surface area contributed by atoms with E-state index in [0.29, 0.717) is 17.1 Å². The smallest absolute Gasteiger partial charge is 0.358 e. The molecular formula is C15H16N2O6. The van der Waals surface area contributed by atoms with Crippen LogP contribution in [-0.4, -0.2) is 39.6 Å². The topological polar surface area (TPSA) is 103 Å². The summed E-state index contributed by atoms with van der Waals surface area (Å²) in [6.45, 7) is -0.106. The molecule has 2 heterocycles. The van der Waals surface area contributed by atoms with Crippen molar-refractivity contribution in [3.8, 4) is 11.5 Å². The van der Waals surface area contributed by atoms with Crippen LogP contribution in [0.4, 0.5) is 0 Å². The number of hydrogen-bond donors (Lipinski definition) is 2. The maximum Gasteiger partial charge on any atom is 0.358 e. The lowest BCUT2D eigenvalue weighted by Gasteiger charge is -2.14. The molecule has 2 aromatic rings. The summed E-state index contributed by atoms with van der Waals surface area (Å²) >= 11 is 0. The highest BCUT2D eigenvalue weighted by atomic mass is 16.7. The van der Waals surface area contributed by atoms with Crippen molar-refractivity contribution >= 4 is 5.97 Å². The van der Waals surface area contributed by atoms with Crippen LogP contribution in [0, 0.1) is 0 Å². The molecule has 8 heteroatoms. The first kappa shape index (κ1) is 15.3. The van der Waals surface area contributed by atoms with Gasteiger partial charge in [0.05, 0.1) is 38.4 Å². The van der Waals surface area contributed by atoms with E-state index in [1.165, 1.54) is 18.0 Å². The average Bonchev–Trinajstić information content (AvgIpc) is 3.19. The molecule has 0 amide bonds. The van der Waals surface area contributed by atoms with Gasteiger partial charge in [-0.25, -0.2) is 9.78 Å². The summed E-state index contributed by atoms with van der Waals surface area (Å²) < 4.78 is 16.6. The molecule has 23 heavy (non-hydrogen) atoms. The Morgan fingerprint density at radius 2 is 2.22 bits per heavy atom. The van der Waals surface area contributed by atoms with Gasteiger partial charge < -0.3 is 29.0 Å². The van der Waals surface area contributed by atoms with Gasteiger partial charge in [-0.05, 0) is 17.7 Å². The van der Waals surface area contributed by atoms with Crippen molar-refractivity contribution in [2.75, 3.05) is 13.9 Å². The van der Waals surface area contributed by atoms with E-state index in [9.17, 15) is 15.0 Å². The predicted octanol–water partition coefficient (Wildman–Crippen LogP) is 0.624. The summed E-state index contributed by atoms with van der Waals surface area (Å²) in [5.41, 5.74) is 0.955. The average molecular weight is 320 g/mol. The van der Waals surface area contributed by atoms with Gasteiger partial charge in [-0.1, -0.05) is 6.07 Å². The van der Waals surface area contributed by atoms with E-state index in [1.54, 1.807) is 18.2 Å². The zero-order valence-corrected chi connectivity index (χ0v) is 12.4. The number of esters is 1. The highest BCUT2D eigenvalue weighted by Gasteiger charge is 2.21. The molecule has 0 spiro atoms. The molecule has 122 valence electrons. The molecule has 1 atom stereocenters. The van der Waals surface area contributed by atoms with Crippen molar-refractivity contribution in [1.82, 2.24) is 9.55 Å². The number of aliphatic hydroxyl groups excluding tert-OH is 2. The fraction of sp³-hybridized carbons (Fsp3) is 0.333. The lowest BCUT2D eigenvalue weighted by molar-refractivity contribution is 0.0589. The zero-order chi connectivity index (χ0) is 16.4. The van der Waals surface area contributed by atoms with Crippen LogP contribution in [0.5, 0.6) is 11.5 Å². The number of methoxy groups -OCH3 is 1. The van der Waals surface area contributed by atoms with Crippen LogP contribution in [-0.2, 0) is 17.9 Å². The van der Waals surface area contributed by atoms with Crippen molar-refractivity contribution < 1.29 is 29.2 Å². The van der Waals surface area contributed by atoms with Gasteiger partial charge in [-0.3, -0.25) is 0 Å². The lowest BCUT2D eigenvalue weighted by atomic mass is 10.1. The largest absolute Gasteiger partial charge is 0.464 e. The van der Waals surface area contributed by atoms with Crippen LogP contribution < -0.4 is 9.47 Å². The minimum Gasteiger partial charge on any atom is -0.464 e. The first-order valence-electron chi connectivity index (χ1n) is 6.94. The molecule has 2 N–H and O–H groups in total. The number of hydrogen-bond acceptors (Lipinski definition) is 7. The molecule has 3 rings (SSSR count). The van der Waals surface area contributed by atoms with Crippen LogP contribution in [0.2, 0.25) is 0 Å². The Balaban J connectivity index is 1.81. The first-order chi connectivity index (χ1) is 11.1. The highest BCUT2D eigenvalue weighted by Crippen LogP contribution is 2.34. The van der Waals surface area contributed by atoms with E-state index in [-0.39, 0.29) is 24.7 Å². The number of nitrogens with zero attached hydrogens (tertiary/aromatic N) is 2. The van der Waals surface area contributed by atoms with Crippen molar-refractivity contribution in [3.05, 3.63) is 41.5 Å². The van der Waals surface area contributed by atoms with E-state index < -0.39 is 18.7 Å². The van der Waals surface area contributed by atoms with Crippen molar-refractivity contribution in [1.29, 1.82) is 0 Å². The molecule has 0 unspecified atom stereocenters. The second-order valence-corrected chi connectivity index (χ2v) is 4.97. The van der Waals surface area contributed by atoms with Crippen LogP contribution in [0.25, 0.3) is 0 Å². The van der Waals surface area contributed by atoms with Gasteiger partial charge in [0.15, 0.2) is 17.2 Å². The highest BCUT2D eigenvalue weighted by molar-refractivity contribution is 5.88. The van der Waals surface area contributed by atoms with Gasteiger partial charge in [-0.15, -0.1) is 0 Å². The number of benzene rings is 1. The van der Waals surface area contributed by atoms with Crippen LogP contribution in [0.3, 0.4) is 0 Å². The SMILES string of the molecule is COC(=O)c1ncn(C[C@@H](O)c2ccc3c(c2)OCO3)c1CO. The van der Waals surface area contributed by atoms with Crippen LogP contribution in [0.1, 0.15) is 27.8 Å². The maximum absolute atomic E-state index is 11.6. The molecule has 0 bridgehead atoms. The van der Waals surface area contributed by atoms with E-state index in [1.807, 2.05) is 0 Å². The van der Waals surface area contributed by atoms with Gasteiger partial charge in [-0.2, -0.15) is 0 Å². The minimum absolute atomic E-state index is 0.0351. The second-order valence-electron chi connectivity index (χ2n) is 4.97. The Bertz CT molecular complexity index is 727. The third kappa shape index (κ3) is 2.86. The number of fused-ring (bicyclic) bond motifs is 1. The van der Waals surface area contributed by atoms with Gasteiger partial charge in [0.25, 0.3) is 0 Å². The normalized spacial score (nSPS) is 13.9. The van der Waals surface area contributed by atoms with Crippen molar-refractivity contribution in [2.24, 2.45) is 0 Å². The quantitative estimate of drug-likeness (QED) is 0.779. The van der Waals surface area contributed by atoms with Gasteiger partial charge in [0, 0.05) is 0 Å². The monoisotopic (exact) mass is 320 g/mol. The number of aliphatic hydroxyl groups is 2. The fourth-order valence-corrected chi connectivity index (χ4v) is 2.41. The molecule has 1 aromatic carbocycles. The minimum atomic E-state index is -0.866. The number of ether oxygens (including phenoxy) is 3. The van der Waals surface area contributed by atoms with Crippen molar-refractivity contribution in [3.63, 3.8) is 0 Å². The molecule has 0 saturated carbocycles. The number of carbonyl (C=O) groups is 1. The van der Waals surface area contributed by atoms with Gasteiger partial charge in [0.1, 0.15) is 0 Å². The first-order valence-corrected chi connectivity index (χ1v) is 6.94. The standard InChI is InChI=1S/C15H16N2O6/c1-21-15(20)14-10(6-18)17(7-16-14)5-11(19)9-2-3-12-13(4-9)23-8-22-12/h2-4,7,11,18-19H,5-6,8H2,1H3/t11-/m1/s1. The van der Waals surface area contributed by atoms with Gasteiger partial charge in [0.2, 0.25) is 6.79 Å². The number of carbonyl (C=O) groups excluding carboxylic acids is 1. The Kier molecular flexibility index (Phi) is 4.18. The van der Waals surface area contributed by atoms with Crippen LogP contribution in [0.15, 0.2) is 24.5 Å². The van der Waals surface area contributed by atoms with E-state index in [2.05, 4.69) is 9.72 Å². The molecular weight excluding hydrogens is 304 g/mol. The van der Waals surface area contributed by atoms with E-state index >= 15 is 0 Å². The molecule has 0 radical (unpaired) electrons. The summed E-state index contributed by atoms with van der Waals surface area (Å²) in [6.07, 6.45) is 0.517. The molecule has 0 fully saturated rings. The molecule has 8 nitrogen and oxygen atoms in total. The summed E-state index contributed by atoms with van der Waals surface area (Å²) in [4.78, 5) is 15.5. The number of aromatic nitrogens is 2. The molecule has 0 aliphatic carbocycles. The second kappa shape index (κ2) is 6.27. The Hall–Kier alpha value is -2.58. The number of rotatable bonds is 5. The summed E-state index contributed by atoms with van der Waals surface area (Å²) in [5, 5.41) is 19.8. The molecule has 0 saturated heterocycles. The van der Waals surface area contributed by atoms with Gasteiger partial charge >= 0.3 is 5.97 Å². The van der Waals surface area contributed by atoms with Crippen LogP contribution >= 0.6 is 0 Å². The summed E-state index contributed by atoms with van der Waals surface area (Å²) in [5.74, 6) is 0.572. The Morgan fingerprint density at radius 1 is 1.43 bits per heavy atom. The zero-order valence-electron chi connectivity index (χ0n) is 12.4. The van der Waals surface area contributed by atoms with E-state index in [0.717, 1.165) is 0 Å². The predicted molar refractivity (Wildman–Crippen MR) is 77.0 cm³/mol. The molecule has 1 aliphatic rings. The lowest BCUT2D eigenvalue weighted by Crippen LogP contribution is -2.13. The fourth-order valence-electron chi connectivity index (χ4n) is 2.41. The summed E-state index contributed by atoms with van der Waals surface area (Å²) in [6, 6.07) is 5.15. The van der Waals surface area contributed by atoms with E-state index in [4.69, 9.17) is 9.47 Å². The third-order valence-electron chi connectivity index (χ3n) is 3.63. The van der Waals surface area contributed by atoms with Crippen molar-refractivity contribution in [2.45, 2.75) is 19.3 Å². The Morgan fingerprint density at radius 3 is 2.96 bits per heavy atom. The maximum atomic E-state index is 11.6. The molecule has 1 aliphatic heterocycles.